The minimum absolute atomic E-state index is 0.212. The van der Waals surface area contributed by atoms with Crippen LogP contribution >= 0.6 is 0 Å². The summed E-state index contributed by atoms with van der Waals surface area (Å²) in [6, 6.07) is 14.8. The smallest absolute Gasteiger partial charge is 0.407 e. The molecule has 2 aromatic rings. The summed E-state index contributed by atoms with van der Waals surface area (Å²) < 4.78 is 19.5. The van der Waals surface area contributed by atoms with E-state index in [0.29, 0.717) is 18.7 Å². The number of halogens is 1. The van der Waals surface area contributed by atoms with Gasteiger partial charge in [-0.3, -0.25) is 0 Å². The Morgan fingerprint density at radius 3 is 2.62 bits per heavy atom. The average Bonchev–Trinajstić information content (AvgIpc) is 2.68. The van der Waals surface area contributed by atoms with Crippen molar-refractivity contribution in [1.29, 1.82) is 0 Å². The van der Waals surface area contributed by atoms with Crippen LogP contribution in [0.3, 0.4) is 0 Å². The summed E-state index contributed by atoms with van der Waals surface area (Å²) in [4.78, 5) is 13.8. The zero-order valence-electron chi connectivity index (χ0n) is 14.7. The summed E-state index contributed by atoms with van der Waals surface area (Å²) in [7, 11) is 0. The molecule has 1 saturated heterocycles. The van der Waals surface area contributed by atoms with Gasteiger partial charge in [0, 0.05) is 32.7 Å². The number of benzene rings is 2. The van der Waals surface area contributed by atoms with Gasteiger partial charge in [0.2, 0.25) is 0 Å². The average molecular weight is 357 g/mol. The first-order valence-electron chi connectivity index (χ1n) is 8.91. The fraction of sp³-hybridized carbons (Fsp3) is 0.350. The quantitative estimate of drug-likeness (QED) is 0.835. The third-order valence-corrected chi connectivity index (χ3v) is 4.37. The highest BCUT2D eigenvalue weighted by atomic mass is 19.1. The molecule has 1 amide bonds. The largest absolute Gasteiger partial charge is 0.445 e. The number of amides is 1. The van der Waals surface area contributed by atoms with Crippen LogP contribution in [0.4, 0.5) is 14.9 Å². The lowest BCUT2D eigenvalue weighted by Gasteiger charge is -2.29. The van der Waals surface area contributed by atoms with Crippen LogP contribution in [0.15, 0.2) is 48.5 Å². The number of hydrogen-bond donors (Lipinski definition) is 2. The molecule has 0 aliphatic carbocycles. The summed E-state index contributed by atoms with van der Waals surface area (Å²) in [5, 5.41) is 5.95. The van der Waals surface area contributed by atoms with E-state index in [1.807, 2.05) is 42.5 Å². The Morgan fingerprint density at radius 2 is 1.88 bits per heavy atom. The van der Waals surface area contributed by atoms with Gasteiger partial charge in [-0.25, -0.2) is 9.18 Å². The predicted octanol–water partition coefficient (Wildman–Crippen LogP) is 2.70. The van der Waals surface area contributed by atoms with Crippen molar-refractivity contribution in [2.75, 3.05) is 37.6 Å². The first-order chi connectivity index (χ1) is 12.7. The van der Waals surface area contributed by atoms with Crippen molar-refractivity contribution in [2.24, 2.45) is 0 Å². The highest BCUT2D eigenvalue weighted by molar-refractivity contribution is 5.67. The molecule has 0 bridgehead atoms. The molecule has 1 aliphatic heterocycles. The van der Waals surface area contributed by atoms with Crippen molar-refractivity contribution in [2.45, 2.75) is 13.0 Å². The summed E-state index contributed by atoms with van der Waals surface area (Å²) in [6.45, 7) is 4.00. The molecule has 1 fully saturated rings. The second-order valence-corrected chi connectivity index (χ2v) is 6.26. The molecule has 26 heavy (non-hydrogen) atoms. The van der Waals surface area contributed by atoms with E-state index in [-0.39, 0.29) is 12.4 Å². The molecule has 5 nitrogen and oxygen atoms in total. The van der Waals surface area contributed by atoms with Gasteiger partial charge in [0.05, 0.1) is 5.69 Å². The SMILES string of the molecule is O=C(NCCc1ccc(N2CCNCC2)c(F)c1)OCc1ccccc1. The molecular weight excluding hydrogens is 333 g/mol. The minimum Gasteiger partial charge on any atom is -0.445 e. The molecule has 0 atom stereocenters. The Labute approximate surface area is 153 Å². The molecule has 2 N–H and O–H groups in total. The number of anilines is 1. The molecule has 0 radical (unpaired) electrons. The Morgan fingerprint density at radius 1 is 1.12 bits per heavy atom. The van der Waals surface area contributed by atoms with Crippen molar-refractivity contribution in [1.82, 2.24) is 10.6 Å². The number of carbonyl (C=O) groups excluding carboxylic acids is 1. The standard InChI is InChI=1S/C20H24FN3O2/c21-18-14-16(6-7-19(18)24-12-10-22-11-13-24)8-9-23-20(25)26-15-17-4-2-1-3-5-17/h1-7,14,22H,8-13,15H2,(H,23,25). The fourth-order valence-corrected chi connectivity index (χ4v) is 2.95. The van der Waals surface area contributed by atoms with Crippen molar-refractivity contribution in [3.8, 4) is 0 Å². The van der Waals surface area contributed by atoms with Gasteiger partial charge < -0.3 is 20.3 Å². The zero-order valence-corrected chi connectivity index (χ0v) is 14.7. The summed E-state index contributed by atoms with van der Waals surface area (Å²) >= 11 is 0. The molecule has 1 aliphatic rings. The maximum atomic E-state index is 14.4. The molecule has 0 spiro atoms. The van der Waals surface area contributed by atoms with E-state index in [2.05, 4.69) is 15.5 Å². The van der Waals surface area contributed by atoms with Gasteiger partial charge in [0.25, 0.3) is 0 Å². The Kier molecular flexibility index (Phi) is 6.44. The number of hydrogen-bond acceptors (Lipinski definition) is 4. The highest BCUT2D eigenvalue weighted by Crippen LogP contribution is 2.21. The second-order valence-electron chi connectivity index (χ2n) is 6.26. The van der Waals surface area contributed by atoms with Crippen LogP contribution in [0.5, 0.6) is 0 Å². The van der Waals surface area contributed by atoms with E-state index in [9.17, 15) is 9.18 Å². The summed E-state index contributed by atoms with van der Waals surface area (Å²) in [5.41, 5.74) is 2.43. The molecule has 1 heterocycles. The van der Waals surface area contributed by atoms with Gasteiger partial charge >= 0.3 is 6.09 Å². The van der Waals surface area contributed by atoms with Crippen molar-refractivity contribution < 1.29 is 13.9 Å². The van der Waals surface area contributed by atoms with Crippen LogP contribution in [0.25, 0.3) is 0 Å². The van der Waals surface area contributed by atoms with Gasteiger partial charge in [-0.15, -0.1) is 0 Å². The fourth-order valence-electron chi connectivity index (χ4n) is 2.95. The molecule has 138 valence electrons. The van der Waals surface area contributed by atoms with Crippen molar-refractivity contribution in [3.63, 3.8) is 0 Å². The third kappa shape index (κ3) is 5.20. The van der Waals surface area contributed by atoms with E-state index in [0.717, 1.165) is 37.3 Å². The summed E-state index contributed by atoms with van der Waals surface area (Å²) in [5.74, 6) is -0.212. The van der Waals surface area contributed by atoms with Crippen molar-refractivity contribution in [3.05, 3.63) is 65.5 Å². The Hall–Kier alpha value is -2.60. The molecule has 6 heteroatoms. The molecule has 0 aromatic heterocycles. The number of nitrogens with one attached hydrogen (secondary N) is 2. The lowest BCUT2D eigenvalue weighted by Crippen LogP contribution is -2.43. The molecule has 0 saturated carbocycles. The lowest BCUT2D eigenvalue weighted by atomic mass is 10.1. The number of carbonyl (C=O) groups is 1. The lowest BCUT2D eigenvalue weighted by molar-refractivity contribution is 0.140. The maximum absolute atomic E-state index is 14.4. The molecule has 0 unspecified atom stereocenters. The molecule has 2 aromatic carbocycles. The van der Waals surface area contributed by atoms with E-state index < -0.39 is 6.09 Å². The van der Waals surface area contributed by atoms with Crippen LogP contribution in [-0.4, -0.2) is 38.8 Å². The Bertz CT molecular complexity index is 718. The van der Waals surface area contributed by atoms with Crippen LogP contribution in [0.2, 0.25) is 0 Å². The maximum Gasteiger partial charge on any atom is 0.407 e. The van der Waals surface area contributed by atoms with Crippen LogP contribution in [0.1, 0.15) is 11.1 Å². The normalized spacial score (nSPS) is 14.1. The predicted molar refractivity (Wildman–Crippen MR) is 99.8 cm³/mol. The highest BCUT2D eigenvalue weighted by Gasteiger charge is 2.14. The van der Waals surface area contributed by atoms with Crippen LogP contribution in [-0.2, 0) is 17.8 Å². The topological polar surface area (TPSA) is 53.6 Å². The molecular formula is C20H24FN3O2. The first-order valence-corrected chi connectivity index (χ1v) is 8.91. The number of ether oxygens (including phenoxy) is 1. The third-order valence-electron chi connectivity index (χ3n) is 4.37. The van der Waals surface area contributed by atoms with Gasteiger partial charge in [-0.05, 0) is 29.7 Å². The van der Waals surface area contributed by atoms with E-state index in [4.69, 9.17) is 4.74 Å². The van der Waals surface area contributed by atoms with Crippen molar-refractivity contribution >= 4 is 11.8 Å². The van der Waals surface area contributed by atoms with Gasteiger partial charge in [-0.2, -0.15) is 0 Å². The van der Waals surface area contributed by atoms with Gasteiger partial charge in [0.15, 0.2) is 0 Å². The minimum atomic E-state index is -0.466. The van der Waals surface area contributed by atoms with E-state index >= 15 is 0 Å². The van der Waals surface area contributed by atoms with Gasteiger partial charge in [-0.1, -0.05) is 36.4 Å². The summed E-state index contributed by atoms with van der Waals surface area (Å²) in [6.07, 6.45) is 0.0888. The molecule has 3 rings (SSSR count). The van der Waals surface area contributed by atoms with E-state index in [1.54, 1.807) is 6.07 Å². The van der Waals surface area contributed by atoms with Crippen LogP contribution < -0.4 is 15.5 Å². The van der Waals surface area contributed by atoms with Crippen LogP contribution in [0, 0.1) is 5.82 Å². The monoisotopic (exact) mass is 357 g/mol. The first kappa shape index (κ1) is 18.2. The number of nitrogens with zero attached hydrogens (tertiary/aromatic N) is 1. The second kappa shape index (κ2) is 9.20. The number of rotatable bonds is 6. The van der Waals surface area contributed by atoms with Gasteiger partial charge in [0.1, 0.15) is 12.4 Å². The Balaban J connectivity index is 1.43. The zero-order chi connectivity index (χ0) is 18.2. The number of alkyl carbamates (subject to hydrolysis) is 1. The van der Waals surface area contributed by atoms with E-state index in [1.165, 1.54) is 0 Å². The number of piperazine rings is 1.